The zero-order chi connectivity index (χ0) is 10.4. The summed E-state index contributed by atoms with van der Waals surface area (Å²) in [4.78, 5) is 0. The fourth-order valence-electron chi connectivity index (χ4n) is 1.25. The Kier molecular flexibility index (Phi) is 4.77. The molecule has 0 spiro atoms. The molecule has 0 bridgehead atoms. The van der Waals surface area contributed by atoms with Crippen LogP contribution in [-0.2, 0) is 0 Å². The lowest BCUT2D eigenvalue weighted by atomic mass is 10.2. The smallest absolute Gasteiger partial charge is 0.119 e. The van der Waals surface area contributed by atoms with Crippen molar-refractivity contribution in [3.63, 3.8) is 0 Å². The molecule has 78 valence electrons. The fraction of sp³-hybridized carbons (Fsp3) is 0.455. The van der Waals surface area contributed by atoms with Gasteiger partial charge in [-0.15, -0.1) is 0 Å². The van der Waals surface area contributed by atoms with Crippen molar-refractivity contribution in [2.45, 2.75) is 25.9 Å². The standard InChI is InChI=1S/C11H16ClNO/c1-2-3-11(8-13)14-10-6-4-9(12)5-7-10/h4-7,11H,2-3,8,13H2,1H3. The summed E-state index contributed by atoms with van der Waals surface area (Å²) in [5, 5.41) is 0.720. The van der Waals surface area contributed by atoms with Crippen molar-refractivity contribution in [1.29, 1.82) is 0 Å². The Labute approximate surface area is 90.0 Å². The molecule has 0 saturated heterocycles. The van der Waals surface area contributed by atoms with E-state index in [1.54, 1.807) is 0 Å². The van der Waals surface area contributed by atoms with Gasteiger partial charge >= 0.3 is 0 Å². The van der Waals surface area contributed by atoms with E-state index in [2.05, 4.69) is 6.92 Å². The average molecular weight is 214 g/mol. The number of halogens is 1. The molecule has 0 amide bonds. The van der Waals surface area contributed by atoms with Crippen LogP contribution in [-0.4, -0.2) is 12.6 Å². The van der Waals surface area contributed by atoms with Gasteiger partial charge in [0.05, 0.1) is 0 Å². The Morgan fingerprint density at radius 3 is 2.50 bits per heavy atom. The maximum absolute atomic E-state index is 5.76. The molecule has 1 aromatic rings. The van der Waals surface area contributed by atoms with Crippen molar-refractivity contribution < 1.29 is 4.74 Å². The van der Waals surface area contributed by atoms with Gasteiger partial charge in [-0.2, -0.15) is 0 Å². The summed E-state index contributed by atoms with van der Waals surface area (Å²) < 4.78 is 5.68. The third kappa shape index (κ3) is 3.56. The first-order valence-corrected chi connectivity index (χ1v) is 5.26. The molecule has 1 aromatic carbocycles. The van der Waals surface area contributed by atoms with E-state index >= 15 is 0 Å². The molecule has 0 aliphatic heterocycles. The Bertz CT molecular complexity index is 260. The van der Waals surface area contributed by atoms with E-state index in [-0.39, 0.29) is 6.10 Å². The van der Waals surface area contributed by atoms with Crippen LogP contribution in [0.3, 0.4) is 0 Å². The molecule has 1 rings (SSSR count). The van der Waals surface area contributed by atoms with Crippen molar-refractivity contribution in [2.24, 2.45) is 5.73 Å². The van der Waals surface area contributed by atoms with Gasteiger partial charge in [0.1, 0.15) is 11.9 Å². The van der Waals surface area contributed by atoms with Crippen LogP contribution in [0, 0.1) is 0 Å². The third-order valence-electron chi connectivity index (χ3n) is 1.99. The van der Waals surface area contributed by atoms with Gasteiger partial charge in [0.15, 0.2) is 0 Å². The summed E-state index contributed by atoms with van der Waals surface area (Å²) in [5.74, 6) is 0.832. The normalized spacial score (nSPS) is 12.5. The highest BCUT2D eigenvalue weighted by molar-refractivity contribution is 6.30. The molecule has 0 radical (unpaired) electrons. The van der Waals surface area contributed by atoms with Crippen molar-refractivity contribution in [2.75, 3.05) is 6.54 Å². The summed E-state index contributed by atoms with van der Waals surface area (Å²) in [6.45, 7) is 2.67. The molecule has 2 nitrogen and oxygen atoms in total. The second kappa shape index (κ2) is 5.89. The Balaban J connectivity index is 2.53. The van der Waals surface area contributed by atoms with Gasteiger partial charge in [-0.05, 0) is 30.7 Å². The molecule has 1 unspecified atom stereocenters. The highest BCUT2D eigenvalue weighted by Crippen LogP contribution is 2.17. The fourth-order valence-corrected chi connectivity index (χ4v) is 1.38. The molecule has 0 heterocycles. The Morgan fingerprint density at radius 1 is 1.36 bits per heavy atom. The predicted octanol–water partition coefficient (Wildman–Crippen LogP) is 2.85. The lowest BCUT2D eigenvalue weighted by Gasteiger charge is -2.16. The monoisotopic (exact) mass is 213 g/mol. The number of nitrogens with two attached hydrogens (primary N) is 1. The van der Waals surface area contributed by atoms with Crippen molar-refractivity contribution >= 4 is 11.6 Å². The van der Waals surface area contributed by atoms with Crippen molar-refractivity contribution in [1.82, 2.24) is 0 Å². The molecule has 0 aliphatic rings. The first-order chi connectivity index (χ1) is 6.76. The quantitative estimate of drug-likeness (QED) is 0.817. The highest BCUT2D eigenvalue weighted by Gasteiger charge is 2.06. The summed E-state index contributed by atoms with van der Waals surface area (Å²) in [7, 11) is 0. The second-order valence-corrected chi connectivity index (χ2v) is 3.65. The van der Waals surface area contributed by atoms with Crippen molar-refractivity contribution in [3.05, 3.63) is 29.3 Å². The molecule has 0 aromatic heterocycles. The van der Waals surface area contributed by atoms with Gasteiger partial charge in [-0.1, -0.05) is 24.9 Å². The SMILES string of the molecule is CCCC(CN)Oc1ccc(Cl)cc1. The maximum Gasteiger partial charge on any atom is 0.119 e. The minimum absolute atomic E-state index is 0.112. The number of hydrogen-bond acceptors (Lipinski definition) is 2. The molecular formula is C11H16ClNO. The molecule has 14 heavy (non-hydrogen) atoms. The van der Waals surface area contributed by atoms with E-state index in [1.807, 2.05) is 24.3 Å². The van der Waals surface area contributed by atoms with Gasteiger partial charge < -0.3 is 10.5 Å². The summed E-state index contributed by atoms with van der Waals surface area (Å²) >= 11 is 5.76. The maximum atomic E-state index is 5.76. The zero-order valence-electron chi connectivity index (χ0n) is 8.37. The predicted molar refractivity (Wildman–Crippen MR) is 59.8 cm³/mol. The Morgan fingerprint density at radius 2 is 2.00 bits per heavy atom. The Hall–Kier alpha value is -0.730. The van der Waals surface area contributed by atoms with Gasteiger partial charge in [0, 0.05) is 11.6 Å². The minimum Gasteiger partial charge on any atom is -0.489 e. The summed E-state index contributed by atoms with van der Waals surface area (Å²) in [5.41, 5.74) is 5.59. The van der Waals surface area contributed by atoms with Gasteiger partial charge in [-0.25, -0.2) is 0 Å². The topological polar surface area (TPSA) is 35.2 Å². The average Bonchev–Trinajstić information content (AvgIpc) is 2.20. The first kappa shape index (κ1) is 11.3. The number of rotatable bonds is 5. The minimum atomic E-state index is 0.112. The van der Waals surface area contributed by atoms with E-state index in [0.29, 0.717) is 6.54 Å². The van der Waals surface area contributed by atoms with Crippen LogP contribution in [0.4, 0.5) is 0 Å². The lowest BCUT2D eigenvalue weighted by Crippen LogP contribution is -2.26. The van der Waals surface area contributed by atoms with Gasteiger partial charge in [0.25, 0.3) is 0 Å². The first-order valence-electron chi connectivity index (χ1n) is 4.88. The number of ether oxygens (including phenoxy) is 1. The molecule has 2 N–H and O–H groups in total. The van der Waals surface area contributed by atoms with Crippen LogP contribution >= 0.6 is 11.6 Å². The molecule has 0 aliphatic carbocycles. The van der Waals surface area contributed by atoms with E-state index in [4.69, 9.17) is 22.1 Å². The third-order valence-corrected chi connectivity index (χ3v) is 2.24. The van der Waals surface area contributed by atoms with E-state index in [9.17, 15) is 0 Å². The molecule has 1 atom stereocenters. The van der Waals surface area contributed by atoms with Crippen LogP contribution < -0.4 is 10.5 Å². The van der Waals surface area contributed by atoms with Crippen LogP contribution in [0.2, 0.25) is 5.02 Å². The molecule has 3 heteroatoms. The molecule has 0 fully saturated rings. The molecule has 0 saturated carbocycles. The van der Waals surface area contributed by atoms with Crippen LogP contribution in [0.25, 0.3) is 0 Å². The number of benzene rings is 1. The summed E-state index contributed by atoms with van der Waals surface area (Å²) in [6.07, 6.45) is 2.18. The second-order valence-electron chi connectivity index (χ2n) is 3.22. The molecular weight excluding hydrogens is 198 g/mol. The zero-order valence-corrected chi connectivity index (χ0v) is 9.13. The van der Waals surface area contributed by atoms with E-state index < -0.39 is 0 Å². The van der Waals surface area contributed by atoms with Crippen LogP contribution in [0.1, 0.15) is 19.8 Å². The number of hydrogen-bond donors (Lipinski definition) is 1. The van der Waals surface area contributed by atoms with Crippen LogP contribution in [0.15, 0.2) is 24.3 Å². The van der Waals surface area contributed by atoms with E-state index in [0.717, 1.165) is 23.6 Å². The lowest BCUT2D eigenvalue weighted by molar-refractivity contribution is 0.198. The highest BCUT2D eigenvalue weighted by atomic mass is 35.5. The van der Waals surface area contributed by atoms with Crippen LogP contribution in [0.5, 0.6) is 5.75 Å². The summed E-state index contributed by atoms with van der Waals surface area (Å²) in [6, 6.07) is 7.36. The van der Waals surface area contributed by atoms with E-state index in [1.165, 1.54) is 0 Å². The van der Waals surface area contributed by atoms with Gasteiger partial charge in [-0.3, -0.25) is 0 Å². The largest absolute Gasteiger partial charge is 0.489 e. The van der Waals surface area contributed by atoms with Crippen molar-refractivity contribution in [3.8, 4) is 5.75 Å². The van der Waals surface area contributed by atoms with Gasteiger partial charge in [0.2, 0.25) is 0 Å².